The Morgan fingerprint density at radius 3 is 2.48 bits per heavy atom. The van der Waals surface area contributed by atoms with E-state index in [1.54, 1.807) is 0 Å². The number of benzene rings is 1. The molecule has 0 saturated carbocycles. The van der Waals surface area contributed by atoms with E-state index in [0.29, 0.717) is 29.3 Å². The first-order valence-corrected chi connectivity index (χ1v) is 8.90. The molecule has 2 aromatic rings. The summed E-state index contributed by atoms with van der Waals surface area (Å²) in [6.07, 6.45) is 1.52. The number of piperazine rings is 1. The van der Waals surface area contributed by atoms with Crippen LogP contribution in [-0.2, 0) is 0 Å². The summed E-state index contributed by atoms with van der Waals surface area (Å²) in [5, 5.41) is 11.4. The van der Waals surface area contributed by atoms with Crippen LogP contribution in [0.3, 0.4) is 0 Å². The highest BCUT2D eigenvalue weighted by Crippen LogP contribution is 2.39. The summed E-state index contributed by atoms with van der Waals surface area (Å²) in [6.45, 7) is 5.22. The van der Waals surface area contributed by atoms with E-state index >= 15 is 0 Å². The van der Waals surface area contributed by atoms with Crippen molar-refractivity contribution in [1.29, 1.82) is 0 Å². The highest BCUT2D eigenvalue weighted by atomic mass is 79.9. The summed E-state index contributed by atoms with van der Waals surface area (Å²) in [4.78, 5) is 19.2. The zero-order valence-corrected chi connectivity index (χ0v) is 15.5. The van der Waals surface area contributed by atoms with Gasteiger partial charge in [0.2, 0.25) is 5.82 Å². The largest absolute Gasteiger partial charge is 0.378 e. The van der Waals surface area contributed by atoms with Crippen molar-refractivity contribution in [3.05, 3.63) is 56.7 Å². The molecular weight excluding hydrogens is 386 g/mol. The Bertz CT molecular complexity index is 763. The van der Waals surface area contributed by atoms with Gasteiger partial charge in [0.25, 0.3) is 0 Å². The molecule has 1 aromatic heterocycles. The maximum absolute atomic E-state index is 11.4. The number of aromatic nitrogens is 1. The van der Waals surface area contributed by atoms with Gasteiger partial charge in [0.15, 0.2) is 0 Å². The standard InChI is InChI=1S/C17H20BrN5O2/c1-12(13-5-3-2-4-6-13)21-7-9-22(10-8-21)15-14(18)11-20-17(19)16(15)23(24)25/h2-6,11-12H,7-10H2,1H3,(H2,19,20). The fourth-order valence-corrected chi connectivity index (χ4v) is 3.78. The van der Waals surface area contributed by atoms with Crippen LogP contribution in [0, 0.1) is 10.1 Å². The lowest BCUT2D eigenvalue weighted by molar-refractivity contribution is -0.383. The van der Waals surface area contributed by atoms with Crippen LogP contribution in [0.5, 0.6) is 0 Å². The van der Waals surface area contributed by atoms with E-state index in [1.807, 2.05) is 23.1 Å². The van der Waals surface area contributed by atoms with E-state index < -0.39 is 4.92 Å². The molecule has 7 nitrogen and oxygen atoms in total. The molecule has 2 N–H and O–H groups in total. The number of pyridine rings is 1. The second kappa shape index (κ2) is 7.37. The number of hydrogen-bond donors (Lipinski definition) is 1. The van der Waals surface area contributed by atoms with Crippen LogP contribution in [0.4, 0.5) is 17.2 Å². The Balaban J connectivity index is 1.77. The third kappa shape index (κ3) is 3.59. The SMILES string of the molecule is CC(c1ccccc1)N1CCN(c2c(Br)cnc(N)c2[N+](=O)[O-])CC1. The van der Waals surface area contributed by atoms with Crippen molar-refractivity contribution in [1.82, 2.24) is 9.88 Å². The number of nitrogens with two attached hydrogens (primary N) is 1. The summed E-state index contributed by atoms with van der Waals surface area (Å²) in [6, 6.07) is 10.7. The molecule has 0 aliphatic carbocycles. The predicted octanol–water partition coefficient (Wildman–Crippen LogP) is 3.22. The van der Waals surface area contributed by atoms with Gasteiger partial charge in [-0.3, -0.25) is 15.0 Å². The number of halogens is 1. The summed E-state index contributed by atoms with van der Waals surface area (Å²) in [5.74, 6) is -0.0525. The van der Waals surface area contributed by atoms with Gasteiger partial charge in [-0.25, -0.2) is 4.98 Å². The molecule has 1 saturated heterocycles. The van der Waals surface area contributed by atoms with Gasteiger partial charge in [0.05, 0.1) is 9.40 Å². The van der Waals surface area contributed by atoms with Crippen molar-refractivity contribution in [3.63, 3.8) is 0 Å². The minimum atomic E-state index is -0.457. The number of nitrogen functional groups attached to an aromatic ring is 1. The lowest BCUT2D eigenvalue weighted by Gasteiger charge is -2.39. The van der Waals surface area contributed by atoms with E-state index in [4.69, 9.17) is 5.73 Å². The zero-order chi connectivity index (χ0) is 18.0. The summed E-state index contributed by atoms with van der Waals surface area (Å²) >= 11 is 3.39. The molecule has 0 bridgehead atoms. The number of nitro groups is 1. The van der Waals surface area contributed by atoms with Gasteiger partial charge < -0.3 is 10.6 Å². The normalized spacial score (nSPS) is 16.6. The van der Waals surface area contributed by atoms with Gasteiger partial charge in [0, 0.05) is 38.4 Å². The quantitative estimate of drug-likeness (QED) is 0.620. The molecule has 8 heteroatoms. The van der Waals surface area contributed by atoms with Gasteiger partial charge in [0.1, 0.15) is 5.69 Å². The van der Waals surface area contributed by atoms with Crippen LogP contribution in [-0.4, -0.2) is 41.0 Å². The van der Waals surface area contributed by atoms with Gasteiger partial charge in [-0.15, -0.1) is 0 Å². The first kappa shape index (κ1) is 17.6. The first-order valence-electron chi connectivity index (χ1n) is 8.11. The molecule has 1 aromatic carbocycles. The Labute approximate surface area is 154 Å². The van der Waals surface area contributed by atoms with Crippen molar-refractivity contribution in [2.45, 2.75) is 13.0 Å². The number of anilines is 2. The monoisotopic (exact) mass is 405 g/mol. The Hall–Kier alpha value is -2.19. The van der Waals surface area contributed by atoms with E-state index in [2.05, 4.69) is 44.9 Å². The summed E-state index contributed by atoms with van der Waals surface area (Å²) in [7, 11) is 0. The summed E-state index contributed by atoms with van der Waals surface area (Å²) in [5.41, 5.74) is 7.41. The predicted molar refractivity (Wildman–Crippen MR) is 102 cm³/mol. The number of nitrogens with zero attached hydrogens (tertiary/aromatic N) is 4. The molecule has 1 unspecified atom stereocenters. The van der Waals surface area contributed by atoms with Gasteiger partial charge in [-0.2, -0.15) is 0 Å². The molecule has 0 amide bonds. The molecule has 1 aliphatic rings. The lowest BCUT2D eigenvalue weighted by Crippen LogP contribution is -2.47. The molecule has 0 spiro atoms. The molecule has 132 valence electrons. The van der Waals surface area contributed by atoms with E-state index in [9.17, 15) is 10.1 Å². The van der Waals surface area contributed by atoms with Gasteiger partial charge in [-0.1, -0.05) is 30.3 Å². The van der Waals surface area contributed by atoms with Crippen molar-refractivity contribution < 1.29 is 4.92 Å². The van der Waals surface area contributed by atoms with Gasteiger partial charge >= 0.3 is 5.69 Å². The fourth-order valence-electron chi connectivity index (χ4n) is 3.24. The highest BCUT2D eigenvalue weighted by Gasteiger charge is 2.30. The number of rotatable bonds is 4. The molecule has 1 fully saturated rings. The van der Waals surface area contributed by atoms with E-state index in [-0.39, 0.29) is 11.5 Å². The molecule has 3 rings (SSSR count). The minimum Gasteiger partial charge on any atom is -0.378 e. The van der Waals surface area contributed by atoms with Crippen LogP contribution in [0.1, 0.15) is 18.5 Å². The highest BCUT2D eigenvalue weighted by molar-refractivity contribution is 9.10. The average molecular weight is 406 g/mol. The molecule has 0 radical (unpaired) electrons. The van der Waals surface area contributed by atoms with Crippen LogP contribution in [0.2, 0.25) is 0 Å². The van der Waals surface area contributed by atoms with Crippen molar-refractivity contribution >= 4 is 33.1 Å². The maximum Gasteiger partial charge on any atom is 0.335 e. The molecular formula is C17H20BrN5O2. The number of hydrogen-bond acceptors (Lipinski definition) is 6. The van der Waals surface area contributed by atoms with Crippen LogP contribution in [0.25, 0.3) is 0 Å². The third-order valence-corrected chi connectivity index (χ3v) is 5.23. The van der Waals surface area contributed by atoms with E-state index in [1.165, 1.54) is 11.8 Å². The second-order valence-electron chi connectivity index (χ2n) is 6.06. The van der Waals surface area contributed by atoms with Crippen molar-refractivity contribution in [2.75, 3.05) is 36.8 Å². The average Bonchev–Trinajstić information content (AvgIpc) is 2.63. The molecule has 1 atom stereocenters. The van der Waals surface area contributed by atoms with Crippen molar-refractivity contribution in [3.8, 4) is 0 Å². The van der Waals surface area contributed by atoms with Crippen LogP contribution < -0.4 is 10.6 Å². The lowest BCUT2D eigenvalue weighted by atomic mass is 10.1. The Morgan fingerprint density at radius 1 is 1.24 bits per heavy atom. The van der Waals surface area contributed by atoms with Crippen LogP contribution >= 0.6 is 15.9 Å². The van der Waals surface area contributed by atoms with Crippen molar-refractivity contribution in [2.24, 2.45) is 0 Å². The smallest absolute Gasteiger partial charge is 0.335 e. The Morgan fingerprint density at radius 2 is 1.88 bits per heavy atom. The molecule has 1 aliphatic heterocycles. The molecule has 25 heavy (non-hydrogen) atoms. The van der Waals surface area contributed by atoms with Crippen LogP contribution in [0.15, 0.2) is 41.0 Å². The fraction of sp³-hybridized carbons (Fsp3) is 0.353. The Kier molecular flexibility index (Phi) is 5.19. The molecule has 2 heterocycles. The second-order valence-corrected chi connectivity index (χ2v) is 6.91. The van der Waals surface area contributed by atoms with E-state index in [0.717, 1.165) is 13.1 Å². The van der Waals surface area contributed by atoms with Gasteiger partial charge in [-0.05, 0) is 28.4 Å². The minimum absolute atomic E-state index is 0.0525. The maximum atomic E-state index is 11.4. The third-order valence-electron chi connectivity index (χ3n) is 4.65. The topological polar surface area (TPSA) is 88.5 Å². The first-order chi connectivity index (χ1) is 12.0. The zero-order valence-electron chi connectivity index (χ0n) is 13.9. The summed E-state index contributed by atoms with van der Waals surface area (Å²) < 4.78 is 0.595.